The van der Waals surface area contributed by atoms with Crippen LogP contribution in [0.15, 0.2) is 12.1 Å². The van der Waals surface area contributed by atoms with Crippen LogP contribution in [0.4, 0.5) is 5.95 Å². The van der Waals surface area contributed by atoms with Gasteiger partial charge in [0, 0.05) is 23.9 Å². The molecular formula is C16H19N5O2. The third-order valence-corrected chi connectivity index (χ3v) is 4.14. The molecule has 120 valence electrons. The molecule has 1 saturated carbocycles. The number of ether oxygens (including phenoxy) is 2. The topological polar surface area (TPSA) is 73.6 Å². The summed E-state index contributed by atoms with van der Waals surface area (Å²) < 4.78 is 12.8. The Morgan fingerprint density at radius 2 is 1.91 bits per heavy atom. The van der Waals surface area contributed by atoms with Crippen LogP contribution in [0.5, 0.6) is 11.5 Å². The minimum absolute atomic E-state index is 0.496. The van der Waals surface area contributed by atoms with E-state index in [0.29, 0.717) is 17.5 Å². The molecule has 1 aliphatic carbocycles. The minimum Gasteiger partial charge on any atom is -0.493 e. The molecule has 1 aliphatic rings. The van der Waals surface area contributed by atoms with Crippen LogP contribution in [0.2, 0.25) is 0 Å². The molecule has 0 saturated heterocycles. The van der Waals surface area contributed by atoms with Gasteiger partial charge in [0.05, 0.1) is 19.7 Å². The second kappa shape index (κ2) is 5.26. The quantitative estimate of drug-likeness (QED) is 0.780. The van der Waals surface area contributed by atoms with Gasteiger partial charge in [0.15, 0.2) is 17.1 Å². The molecule has 0 aliphatic heterocycles. The number of hydrogen-bond donors (Lipinski definition) is 1. The van der Waals surface area contributed by atoms with Gasteiger partial charge in [-0.25, -0.2) is 9.38 Å². The second-order valence-electron chi connectivity index (χ2n) is 5.71. The summed E-state index contributed by atoms with van der Waals surface area (Å²) in [5.41, 5.74) is 1.60. The van der Waals surface area contributed by atoms with Crippen molar-refractivity contribution in [1.82, 2.24) is 19.6 Å². The standard InChI is InChI=1S/C16H19N5O2/c1-4-14-19-20-15-10-7-12(22-2)13(23-3)8-11(10)18-16(21(14)15)17-9-5-6-9/h7-9H,4-6H2,1-3H3,(H,17,18). The molecule has 0 spiro atoms. The van der Waals surface area contributed by atoms with E-state index in [4.69, 9.17) is 14.5 Å². The summed E-state index contributed by atoms with van der Waals surface area (Å²) in [6.45, 7) is 2.07. The van der Waals surface area contributed by atoms with Crippen molar-refractivity contribution in [1.29, 1.82) is 0 Å². The number of methoxy groups -OCH3 is 2. The van der Waals surface area contributed by atoms with Crippen LogP contribution in [-0.2, 0) is 6.42 Å². The van der Waals surface area contributed by atoms with Crippen LogP contribution in [0.3, 0.4) is 0 Å². The summed E-state index contributed by atoms with van der Waals surface area (Å²) >= 11 is 0. The van der Waals surface area contributed by atoms with Crippen LogP contribution < -0.4 is 14.8 Å². The first-order valence-electron chi connectivity index (χ1n) is 7.81. The summed E-state index contributed by atoms with van der Waals surface area (Å²) in [4.78, 5) is 4.78. The fourth-order valence-corrected chi connectivity index (χ4v) is 2.75. The average Bonchev–Trinajstić information content (AvgIpc) is 3.28. The molecule has 2 heterocycles. The first-order valence-corrected chi connectivity index (χ1v) is 7.81. The Morgan fingerprint density at radius 1 is 1.17 bits per heavy atom. The predicted molar refractivity (Wildman–Crippen MR) is 87.4 cm³/mol. The van der Waals surface area contributed by atoms with Crippen molar-refractivity contribution in [2.45, 2.75) is 32.2 Å². The van der Waals surface area contributed by atoms with Crippen molar-refractivity contribution < 1.29 is 9.47 Å². The fraction of sp³-hybridized carbons (Fsp3) is 0.438. The largest absolute Gasteiger partial charge is 0.493 e. The molecule has 1 N–H and O–H groups in total. The van der Waals surface area contributed by atoms with Crippen LogP contribution >= 0.6 is 0 Å². The lowest BCUT2D eigenvalue weighted by Crippen LogP contribution is -2.10. The van der Waals surface area contributed by atoms with Gasteiger partial charge in [-0.15, -0.1) is 10.2 Å². The molecule has 3 aromatic rings. The number of anilines is 1. The summed E-state index contributed by atoms with van der Waals surface area (Å²) in [5.74, 6) is 3.01. The van der Waals surface area contributed by atoms with Crippen molar-refractivity contribution in [3.63, 3.8) is 0 Å². The molecule has 2 aromatic heterocycles. The molecule has 0 unspecified atom stereocenters. The number of aryl methyl sites for hydroxylation is 1. The highest BCUT2D eigenvalue weighted by atomic mass is 16.5. The van der Waals surface area contributed by atoms with Gasteiger partial charge in [0.2, 0.25) is 5.95 Å². The summed E-state index contributed by atoms with van der Waals surface area (Å²) in [7, 11) is 3.25. The Hall–Kier alpha value is -2.57. The van der Waals surface area contributed by atoms with Gasteiger partial charge >= 0.3 is 0 Å². The zero-order valence-corrected chi connectivity index (χ0v) is 13.5. The monoisotopic (exact) mass is 313 g/mol. The van der Waals surface area contributed by atoms with E-state index in [1.165, 1.54) is 12.8 Å². The summed E-state index contributed by atoms with van der Waals surface area (Å²) in [6.07, 6.45) is 3.15. The molecule has 0 radical (unpaired) electrons. The summed E-state index contributed by atoms with van der Waals surface area (Å²) in [5, 5.41) is 13.1. The van der Waals surface area contributed by atoms with Gasteiger partial charge < -0.3 is 14.8 Å². The normalized spacial score (nSPS) is 14.4. The highest BCUT2D eigenvalue weighted by Gasteiger charge is 2.24. The van der Waals surface area contributed by atoms with Crippen LogP contribution in [0.1, 0.15) is 25.6 Å². The predicted octanol–water partition coefficient (Wildman–Crippen LogP) is 2.43. The van der Waals surface area contributed by atoms with E-state index in [0.717, 1.165) is 34.7 Å². The molecule has 7 nitrogen and oxygen atoms in total. The molecule has 1 fully saturated rings. The smallest absolute Gasteiger partial charge is 0.211 e. The van der Waals surface area contributed by atoms with Crippen LogP contribution in [-0.4, -0.2) is 39.8 Å². The van der Waals surface area contributed by atoms with E-state index in [-0.39, 0.29) is 0 Å². The maximum Gasteiger partial charge on any atom is 0.211 e. The Labute approximate surface area is 133 Å². The van der Waals surface area contributed by atoms with Crippen molar-refractivity contribution >= 4 is 22.5 Å². The van der Waals surface area contributed by atoms with Gasteiger partial charge in [-0.1, -0.05) is 6.92 Å². The van der Waals surface area contributed by atoms with E-state index < -0.39 is 0 Å². The van der Waals surface area contributed by atoms with Crippen molar-refractivity contribution in [3.05, 3.63) is 18.0 Å². The van der Waals surface area contributed by atoms with Crippen LogP contribution in [0.25, 0.3) is 16.6 Å². The number of nitrogens with one attached hydrogen (secondary N) is 1. The van der Waals surface area contributed by atoms with Gasteiger partial charge in [-0.3, -0.25) is 0 Å². The molecule has 0 atom stereocenters. The van der Waals surface area contributed by atoms with Crippen molar-refractivity contribution in [3.8, 4) is 11.5 Å². The van der Waals surface area contributed by atoms with E-state index in [2.05, 4.69) is 22.4 Å². The minimum atomic E-state index is 0.496. The SMILES string of the molecule is CCc1nnc2c3cc(OC)c(OC)cc3nc(NC3CC3)n12. The van der Waals surface area contributed by atoms with E-state index >= 15 is 0 Å². The summed E-state index contributed by atoms with van der Waals surface area (Å²) in [6, 6.07) is 4.29. The first kappa shape index (κ1) is 14.0. The van der Waals surface area contributed by atoms with E-state index in [9.17, 15) is 0 Å². The lowest BCUT2D eigenvalue weighted by atomic mass is 10.2. The zero-order chi connectivity index (χ0) is 16.0. The number of rotatable bonds is 5. The zero-order valence-electron chi connectivity index (χ0n) is 13.5. The third-order valence-electron chi connectivity index (χ3n) is 4.14. The number of nitrogens with zero attached hydrogens (tertiary/aromatic N) is 4. The molecule has 0 bridgehead atoms. The Kier molecular flexibility index (Phi) is 3.21. The molecular weight excluding hydrogens is 294 g/mol. The van der Waals surface area contributed by atoms with E-state index in [1.54, 1.807) is 14.2 Å². The number of fused-ring (bicyclic) bond motifs is 3. The molecule has 23 heavy (non-hydrogen) atoms. The van der Waals surface area contributed by atoms with Gasteiger partial charge in [-0.05, 0) is 18.9 Å². The van der Waals surface area contributed by atoms with E-state index in [1.807, 2.05) is 16.5 Å². The van der Waals surface area contributed by atoms with Gasteiger partial charge in [-0.2, -0.15) is 0 Å². The Balaban J connectivity index is 2.03. The Bertz CT molecular complexity index is 885. The maximum absolute atomic E-state index is 5.41. The number of benzene rings is 1. The van der Waals surface area contributed by atoms with Crippen LogP contribution in [0, 0.1) is 0 Å². The highest BCUT2D eigenvalue weighted by Crippen LogP contribution is 2.34. The highest BCUT2D eigenvalue weighted by molar-refractivity contribution is 5.94. The second-order valence-corrected chi connectivity index (χ2v) is 5.71. The molecule has 1 aromatic carbocycles. The maximum atomic E-state index is 5.41. The molecule has 4 rings (SSSR count). The lowest BCUT2D eigenvalue weighted by molar-refractivity contribution is 0.356. The Morgan fingerprint density at radius 3 is 2.57 bits per heavy atom. The number of aromatic nitrogens is 4. The first-order chi connectivity index (χ1) is 11.2. The fourth-order valence-electron chi connectivity index (χ4n) is 2.75. The molecule has 7 heteroatoms. The van der Waals surface area contributed by atoms with Gasteiger partial charge in [0.25, 0.3) is 0 Å². The third kappa shape index (κ3) is 2.23. The van der Waals surface area contributed by atoms with Crippen molar-refractivity contribution in [2.24, 2.45) is 0 Å². The number of hydrogen-bond acceptors (Lipinski definition) is 6. The average molecular weight is 313 g/mol. The molecule has 0 amide bonds. The van der Waals surface area contributed by atoms with Crippen molar-refractivity contribution in [2.75, 3.05) is 19.5 Å². The van der Waals surface area contributed by atoms with Gasteiger partial charge in [0.1, 0.15) is 5.82 Å². The lowest BCUT2D eigenvalue weighted by Gasteiger charge is -2.13.